The van der Waals surface area contributed by atoms with Gasteiger partial charge in [0.25, 0.3) is 0 Å². The lowest BCUT2D eigenvalue weighted by Crippen LogP contribution is -2.40. The number of hydrogen-bond donors (Lipinski definition) is 1. The highest BCUT2D eigenvalue weighted by Crippen LogP contribution is 2.41. The van der Waals surface area contributed by atoms with Crippen LogP contribution in [0.4, 0.5) is 0 Å². The summed E-state index contributed by atoms with van der Waals surface area (Å²) in [6, 6.07) is 17.0. The fourth-order valence-corrected chi connectivity index (χ4v) is 3.42. The van der Waals surface area contributed by atoms with E-state index in [-0.39, 0.29) is 5.41 Å². The largest absolute Gasteiger partial charge is 0.497 e. The maximum absolute atomic E-state index is 5.30. The van der Waals surface area contributed by atoms with Crippen LogP contribution in [0.25, 0.3) is 0 Å². The molecule has 22 heavy (non-hydrogen) atoms. The van der Waals surface area contributed by atoms with Gasteiger partial charge in [0, 0.05) is 5.41 Å². The number of rotatable bonds is 4. The highest BCUT2D eigenvalue weighted by Gasteiger charge is 2.35. The summed E-state index contributed by atoms with van der Waals surface area (Å²) in [5.74, 6) is 1.81. The Morgan fingerprint density at radius 2 is 1.14 bits per heavy atom. The molecule has 0 aromatic heterocycles. The Hall–Kier alpha value is -2.00. The van der Waals surface area contributed by atoms with Crippen LogP contribution in [0.15, 0.2) is 48.5 Å². The number of hydrogen-bond acceptors (Lipinski definition) is 3. The van der Waals surface area contributed by atoms with Gasteiger partial charge >= 0.3 is 0 Å². The molecule has 116 valence electrons. The van der Waals surface area contributed by atoms with Crippen LogP contribution in [-0.4, -0.2) is 27.3 Å². The zero-order valence-electron chi connectivity index (χ0n) is 13.3. The number of methoxy groups -OCH3 is 2. The van der Waals surface area contributed by atoms with Crippen molar-refractivity contribution in [3.63, 3.8) is 0 Å². The number of ether oxygens (including phenoxy) is 2. The normalized spacial score (nSPS) is 17.0. The second-order valence-electron chi connectivity index (χ2n) is 5.79. The first-order valence-corrected chi connectivity index (χ1v) is 7.78. The van der Waals surface area contributed by atoms with Crippen molar-refractivity contribution in [1.82, 2.24) is 5.32 Å². The molecular weight excluding hydrogens is 274 g/mol. The van der Waals surface area contributed by atoms with Crippen LogP contribution in [0, 0.1) is 0 Å². The standard InChI is InChI=1S/C19H23NO2/c1-21-17-7-3-15(4-8-17)19(11-13-20-14-12-19)16-5-9-18(22-2)10-6-16/h3-10,20H,11-14H2,1-2H3. The summed E-state index contributed by atoms with van der Waals surface area (Å²) >= 11 is 0. The molecule has 1 aliphatic rings. The molecular formula is C19H23NO2. The maximum Gasteiger partial charge on any atom is 0.118 e. The summed E-state index contributed by atoms with van der Waals surface area (Å²) in [6.07, 6.45) is 2.21. The Labute approximate surface area is 132 Å². The molecule has 0 bridgehead atoms. The van der Waals surface area contributed by atoms with E-state index in [1.54, 1.807) is 14.2 Å². The van der Waals surface area contributed by atoms with Gasteiger partial charge in [0.1, 0.15) is 11.5 Å². The van der Waals surface area contributed by atoms with Gasteiger partial charge in [-0.1, -0.05) is 24.3 Å². The predicted octanol–water partition coefficient (Wildman–Crippen LogP) is 3.37. The summed E-state index contributed by atoms with van der Waals surface area (Å²) in [4.78, 5) is 0. The summed E-state index contributed by atoms with van der Waals surface area (Å²) < 4.78 is 10.6. The molecule has 3 heteroatoms. The van der Waals surface area contributed by atoms with E-state index in [2.05, 4.69) is 53.8 Å². The number of piperidine rings is 1. The average Bonchev–Trinajstić information content (AvgIpc) is 2.62. The van der Waals surface area contributed by atoms with Gasteiger partial charge in [0.2, 0.25) is 0 Å². The number of nitrogens with one attached hydrogen (secondary N) is 1. The zero-order chi connectivity index (χ0) is 15.4. The fourth-order valence-electron chi connectivity index (χ4n) is 3.42. The SMILES string of the molecule is COc1ccc(C2(c3ccc(OC)cc3)CCNCC2)cc1. The van der Waals surface area contributed by atoms with E-state index >= 15 is 0 Å². The van der Waals surface area contributed by atoms with E-state index in [1.165, 1.54) is 11.1 Å². The van der Waals surface area contributed by atoms with Crippen molar-refractivity contribution in [2.24, 2.45) is 0 Å². The van der Waals surface area contributed by atoms with E-state index in [4.69, 9.17) is 9.47 Å². The second-order valence-corrected chi connectivity index (χ2v) is 5.79. The van der Waals surface area contributed by atoms with Crippen molar-refractivity contribution >= 4 is 0 Å². The van der Waals surface area contributed by atoms with Crippen molar-refractivity contribution in [3.05, 3.63) is 59.7 Å². The summed E-state index contributed by atoms with van der Waals surface area (Å²) in [7, 11) is 3.41. The molecule has 0 aliphatic carbocycles. The Balaban J connectivity index is 2.02. The molecule has 3 rings (SSSR count). The Morgan fingerprint density at radius 3 is 1.50 bits per heavy atom. The van der Waals surface area contributed by atoms with Gasteiger partial charge in [0.15, 0.2) is 0 Å². The van der Waals surface area contributed by atoms with Crippen LogP contribution in [0.2, 0.25) is 0 Å². The molecule has 3 nitrogen and oxygen atoms in total. The minimum atomic E-state index is 0.0732. The minimum Gasteiger partial charge on any atom is -0.497 e. The molecule has 0 spiro atoms. The molecule has 2 aromatic carbocycles. The molecule has 0 unspecified atom stereocenters. The van der Waals surface area contributed by atoms with Crippen LogP contribution in [-0.2, 0) is 5.41 Å². The highest BCUT2D eigenvalue weighted by atomic mass is 16.5. The lowest BCUT2D eigenvalue weighted by atomic mass is 9.68. The molecule has 0 saturated carbocycles. The van der Waals surface area contributed by atoms with Crippen LogP contribution >= 0.6 is 0 Å². The monoisotopic (exact) mass is 297 g/mol. The van der Waals surface area contributed by atoms with Crippen molar-refractivity contribution in [3.8, 4) is 11.5 Å². The second kappa shape index (κ2) is 6.41. The van der Waals surface area contributed by atoms with Crippen molar-refractivity contribution in [2.45, 2.75) is 18.3 Å². The van der Waals surface area contributed by atoms with E-state index in [9.17, 15) is 0 Å². The lowest BCUT2D eigenvalue weighted by molar-refractivity contribution is 0.360. The fraction of sp³-hybridized carbons (Fsp3) is 0.368. The molecule has 0 radical (unpaired) electrons. The van der Waals surface area contributed by atoms with Gasteiger partial charge < -0.3 is 14.8 Å². The van der Waals surface area contributed by atoms with Gasteiger partial charge in [0.05, 0.1) is 14.2 Å². The maximum atomic E-state index is 5.30. The van der Waals surface area contributed by atoms with Crippen LogP contribution in [0.5, 0.6) is 11.5 Å². The topological polar surface area (TPSA) is 30.5 Å². The van der Waals surface area contributed by atoms with E-state index in [0.29, 0.717) is 0 Å². The van der Waals surface area contributed by atoms with E-state index in [0.717, 1.165) is 37.4 Å². The average molecular weight is 297 g/mol. The van der Waals surface area contributed by atoms with Gasteiger partial charge in [-0.2, -0.15) is 0 Å². The van der Waals surface area contributed by atoms with Crippen LogP contribution in [0.3, 0.4) is 0 Å². The van der Waals surface area contributed by atoms with Gasteiger partial charge in [-0.3, -0.25) is 0 Å². The molecule has 1 saturated heterocycles. The Kier molecular flexibility index (Phi) is 4.34. The van der Waals surface area contributed by atoms with Crippen molar-refractivity contribution in [1.29, 1.82) is 0 Å². The third-order valence-corrected chi connectivity index (χ3v) is 4.74. The quantitative estimate of drug-likeness (QED) is 0.938. The van der Waals surface area contributed by atoms with Crippen molar-refractivity contribution in [2.75, 3.05) is 27.3 Å². The third kappa shape index (κ3) is 2.69. The summed E-state index contributed by atoms with van der Waals surface area (Å²) in [5, 5.41) is 3.47. The molecule has 1 aliphatic heterocycles. The minimum absolute atomic E-state index is 0.0732. The van der Waals surface area contributed by atoms with Crippen molar-refractivity contribution < 1.29 is 9.47 Å². The predicted molar refractivity (Wildman–Crippen MR) is 88.9 cm³/mol. The zero-order valence-corrected chi connectivity index (χ0v) is 13.3. The molecule has 0 atom stereocenters. The summed E-state index contributed by atoms with van der Waals surface area (Å²) in [5.41, 5.74) is 2.80. The lowest BCUT2D eigenvalue weighted by Gasteiger charge is -2.39. The third-order valence-electron chi connectivity index (χ3n) is 4.74. The molecule has 1 fully saturated rings. The van der Waals surface area contributed by atoms with Gasteiger partial charge in [-0.05, 0) is 61.3 Å². The van der Waals surface area contributed by atoms with Gasteiger partial charge in [-0.15, -0.1) is 0 Å². The van der Waals surface area contributed by atoms with Gasteiger partial charge in [-0.25, -0.2) is 0 Å². The molecule has 1 N–H and O–H groups in total. The molecule has 2 aromatic rings. The Bertz CT molecular complexity index is 549. The first-order valence-electron chi connectivity index (χ1n) is 7.78. The molecule has 0 amide bonds. The first-order chi connectivity index (χ1) is 10.8. The van der Waals surface area contributed by atoms with E-state index in [1.807, 2.05) is 0 Å². The Morgan fingerprint density at radius 1 is 0.727 bits per heavy atom. The molecule has 1 heterocycles. The van der Waals surface area contributed by atoms with Crippen LogP contribution < -0.4 is 14.8 Å². The van der Waals surface area contributed by atoms with E-state index < -0.39 is 0 Å². The first kappa shape index (κ1) is 14.9. The highest BCUT2D eigenvalue weighted by molar-refractivity contribution is 5.43. The number of benzene rings is 2. The van der Waals surface area contributed by atoms with Crippen LogP contribution in [0.1, 0.15) is 24.0 Å². The smallest absolute Gasteiger partial charge is 0.118 e. The summed E-state index contributed by atoms with van der Waals surface area (Å²) in [6.45, 7) is 2.08.